The summed E-state index contributed by atoms with van der Waals surface area (Å²) in [5.74, 6) is -0.867. The summed E-state index contributed by atoms with van der Waals surface area (Å²) >= 11 is 0. The SMILES string of the molecule is O=[N+]([O-])c1ccc(F)c2c1CCC2.O=[N+]([O-])c1ccc(F)c2c1CCC2O. The molecule has 0 saturated carbocycles. The smallest absolute Gasteiger partial charge is 0.273 e. The average Bonchev–Trinajstić information content (AvgIpc) is 3.24. The first-order valence-electron chi connectivity index (χ1n) is 8.39. The molecule has 1 unspecified atom stereocenters. The number of fused-ring (bicyclic) bond motifs is 2. The van der Waals surface area contributed by atoms with Crippen molar-refractivity contribution in [1.29, 1.82) is 0 Å². The molecule has 142 valence electrons. The van der Waals surface area contributed by atoms with E-state index in [0.717, 1.165) is 18.6 Å². The molecule has 9 heteroatoms. The second kappa shape index (κ2) is 7.36. The van der Waals surface area contributed by atoms with E-state index in [1.807, 2.05) is 0 Å². The van der Waals surface area contributed by atoms with E-state index in [0.29, 0.717) is 42.4 Å². The van der Waals surface area contributed by atoms with Crippen LogP contribution in [0.2, 0.25) is 0 Å². The fraction of sp³-hybridized carbons (Fsp3) is 0.333. The highest BCUT2D eigenvalue weighted by atomic mass is 19.1. The quantitative estimate of drug-likeness (QED) is 0.629. The van der Waals surface area contributed by atoms with Crippen LogP contribution in [0.15, 0.2) is 24.3 Å². The van der Waals surface area contributed by atoms with Crippen LogP contribution in [0, 0.1) is 31.9 Å². The van der Waals surface area contributed by atoms with Crippen molar-refractivity contribution in [2.45, 2.75) is 38.2 Å². The molecule has 0 fully saturated rings. The van der Waals surface area contributed by atoms with Gasteiger partial charge in [-0.3, -0.25) is 20.2 Å². The largest absolute Gasteiger partial charge is 0.388 e. The maximum atomic E-state index is 13.2. The third kappa shape index (κ3) is 3.50. The predicted molar refractivity (Wildman–Crippen MR) is 91.4 cm³/mol. The number of nitrogens with zero attached hydrogens (tertiary/aromatic N) is 2. The van der Waals surface area contributed by atoms with Gasteiger partial charge >= 0.3 is 0 Å². The highest BCUT2D eigenvalue weighted by molar-refractivity contribution is 5.50. The number of hydrogen-bond acceptors (Lipinski definition) is 5. The van der Waals surface area contributed by atoms with Crippen LogP contribution >= 0.6 is 0 Å². The van der Waals surface area contributed by atoms with Crippen molar-refractivity contribution < 1.29 is 23.7 Å². The second-order valence-electron chi connectivity index (χ2n) is 6.40. The van der Waals surface area contributed by atoms with Gasteiger partial charge in [-0.1, -0.05) is 0 Å². The monoisotopic (exact) mass is 378 g/mol. The number of aliphatic hydroxyl groups excluding tert-OH is 1. The molecule has 27 heavy (non-hydrogen) atoms. The predicted octanol–water partition coefficient (Wildman–Crippen LogP) is 3.94. The molecular formula is C18H16F2N2O5. The molecule has 0 radical (unpaired) electrons. The van der Waals surface area contributed by atoms with Crippen LogP contribution in [0.4, 0.5) is 20.2 Å². The third-order valence-corrected chi connectivity index (χ3v) is 4.88. The molecule has 1 N–H and O–H groups in total. The lowest BCUT2D eigenvalue weighted by Gasteiger charge is -2.04. The Bertz CT molecular complexity index is 932. The number of aliphatic hydroxyl groups is 1. The van der Waals surface area contributed by atoms with Crippen LogP contribution in [0.25, 0.3) is 0 Å². The van der Waals surface area contributed by atoms with Crippen molar-refractivity contribution >= 4 is 11.4 Å². The van der Waals surface area contributed by atoms with E-state index in [2.05, 4.69) is 0 Å². The maximum absolute atomic E-state index is 13.2. The highest BCUT2D eigenvalue weighted by Crippen LogP contribution is 2.38. The normalized spacial score (nSPS) is 16.9. The third-order valence-electron chi connectivity index (χ3n) is 4.88. The lowest BCUT2D eigenvalue weighted by Crippen LogP contribution is -1.99. The van der Waals surface area contributed by atoms with Gasteiger partial charge in [0.15, 0.2) is 0 Å². The zero-order chi connectivity index (χ0) is 19.7. The first-order valence-corrected chi connectivity index (χ1v) is 8.39. The Hall–Kier alpha value is -2.94. The Morgan fingerprint density at radius 1 is 0.852 bits per heavy atom. The van der Waals surface area contributed by atoms with Crippen LogP contribution in [0.1, 0.15) is 41.2 Å². The summed E-state index contributed by atoms with van der Waals surface area (Å²) in [5.41, 5.74) is 1.52. The Morgan fingerprint density at radius 2 is 1.41 bits per heavy atom. The van der Waals surface area contributed by atoms with Crippen molar-refractivity contribution in [3.05, 3.63) is 78.4 Å². The minimum atomic E-state index is -0.898. The second-order valence-corrected chi connectivity index (χ2v) is 6.40. The molecule has 1 atom stereocenters. The van der Waals surface area contributed by atoms with E-state index in [-0.39, 0.29) is 22.8 Å². The van der Waals surface area contributed by atoms with Gasteiger partial charge in [0.25, 0.3) is 11.4 Å². The van der Waals surface area contributed by atoms with E-state index in [1.54, 1.807) is 0 Å². The van der Waals surface area contributed by atoms with Crippen molar-refractivity contribution in [3.8, 4) is 0 Å². The van der Waals surface area contributed by atoms with E-state index >= 15 is 0 Å². The number of benzene rings is 2. The molecule has 0 aliphatic heterocycles. The molecule has 2 aliphatic carbocycles. The first kappa shape index (κ1) is 18.8. The van der Waals surface area contributed by atoms with E-state index in [4.69, 9.17) is 0 Å². The highest BCUT2D eigenvalue weighted by Gasteiger charge is 2.30. The molecule has 2 aromatic carbocycles. The van der Waals surface area contributed by atoms with Crippen LogP contribution < -0.4 is 0 Å². The lowest BCUT2D eigenvalue weighted by molar-refractivity contribution is -0.385. The Kier molecular flexibility index (Phi) is 5.13. The van der Waals surface area contributed by atoms with Crippen LogP contribution in [-0.2, 0) is 19.3 Å². The molecule has 0 bridgehead atoms. The minimum Gasteiger partial charge on any atom is -0.388 e. The van der Waals surface area contributed by atoms with Gasteiger partial charge in [-0.2, -0.15) is 0 Å². The summed E-state index contributed by atoms with van der Waals surface area (Å²) in [6, 6.07) is 4.61. The maximum Gasteiger partial charge on any atom is 0.273 e. The van der Waals surface area contributed by atoms with Crippen LogP contribution in [0.5, 0.6) is 0 Å². The van der Waals surface area contributed by atoms with Gasteiger partial charge in [0.05, 0.1) is 16.0 Å². The van der Waals surface area contributed by atoms with Gasteiger partial charge < -0.3 is 5.11 Å². The lowest BCUT2D eigenvalue weighted by atomic mass is 10.1. The molecule has 4 rings (SSSR count). The van der Waals surface area contributed by atoms with Gasteiger partial charge in [-0.15, -0.1) is 0 Å². The topological polar surface area (TPSA) is 107 Å². The average molecular weight is 378 g/mol. The molecule has 0 heterocycles. The zero-order valence-corrected chi connectivity index (χ0v) is 14.2. The fourth-order valence-electron chi connectivity index (χ4n) is 3.66. The Balaban J connectivity index is 0.000000156. The van der Waals surface area contributed by atoms with Crippen LogP contribution in [0.3, 0.4) is 0 Å². The molecule has 0 spiro atoms. The summed E-state index contributed by atoms with van der Waals surface area (Å²) in [7, 11) is 0. The molecule has 0 amide bonds. The summed E-state index contributed by atoms with van der Waals surface area (Å²) in [6.07, 6.45) is 1.90. The number of rotatable bonds is 2. The fourth-order valence-corrected chi connectivity index (χ4v) is 3.66. The molecule has 0 aromatic heterocycles. The standard InChI is InChI=1S/C9H8FNO3.C9H8FNO2/c10-6-2-3-7(11(13)14)5-1-4-8(12)9(5)6;10-8-4-5-9(11(12)13)7-3-1-2-6(7)8/h2-3,8,12H,1,4H2;4-5H,1-3H2. The summed E-state index contributed by atoms with van der Waals surface area (Å²) in [6.45, 7) is 0. The van der Waals surface area contributed by atoms with Gasteiger partial charge in [-0.05, 0) is 49.8 Å². The Labute approximate surface area is 152 Å². The van der Waals surface area contributed by atoms with Crippen LogP contribution in [-0.4, -0.2) is 15.0 Å². The number of nitro benzene ring substituents is 2. The van der Waals surface area contributed by atoms with Crippen molar-refractivity contribution in [1.82, 2.24) is 0 Å². The summed E-state index contributed by atoms with van der Waals surface area (Å²) in [4.78, 5) is 20.1. The summed E-state index contributed by atoms with van der Waals surface area (Å²) < 4.78 is 26.3. The van der Waals surface area contributed by atoms with Crippen molar-refractivity contribution in [2.24, 2.45) is 0 Å². The van der Waals surface area contributed by atoms with Gasteiger partial charge in [0, 0.05) is 28.8 Å². The van der Waals surface area contributed by atoms with Gasteiger partial charge in [0.1, 0.15) is 11.6 Å². The zero-order valence-electron chi connectivity index (χ0n) is 14.2. The van der Waals surface area contributed by atoms with E-state index in [1.165, 1.54) is 12.1 Å². The summed E-state index contributed by atoms with van der Waals surface area (Å²) in [5, 5.41) is 30.5. The van der Waals surface area contributed by atoms with Gasteiger partial charge in [0.2, 0.25) is 0 Å². The number of hydrogen-bond donors (Lipinski definition) is 1. The van der Waals surface area contributed by atoms with Gasteiger partial charge in [-0.25, -0.2) is 8.78 Å². The van der Waals surface area contributed by atoms with E-state index < -0.39 is 21.8 Å². The first-order chi connectivity index (χ1) is 12.8. The van der Waals surface area contributed by atoms with Crippen molar-refractivity contribution in [2.75, 3.05) is 0 Å². The van der Waals surface area contributed by atoms with Crippen molar-refractivity contribution in [3.63, 3.8) is 0 Å². The molecule has 2 aromatic rings. The number of nitro groups is 2. The number of halogens is 2. The minimum absolute atomic E-state index is 0.0638. The molecular weight excluding hydrogens is 362 g/mol. The molecule has 7 nitrogen and oxygen atoms in total. The van der Waals surface area contributed by atoms with E-state index in [9.17, 15) is 34.1 Å². The Morgan fingerprint density at radius 3 is 2.04 bits per heavy atom. The molecule has 2 aliphatic rings. The molecule has 0 saturated heterocycles.